The molecule has 1 aliphatic heterocycles. The van der Waals surface area contributed by atoms with Gasteiger partial charge in [-0.25, -0.2) is 0 Å². The summed E-state index contributed by atoms with van der Waals surface area (Å²) in [5.41, 5.74) is 2.39. The Hall–Kier alpha value is -1.13. The molecular formula is C20H34O4. The largest absolute Gasteiger partial charge is 0.462 e. The standard InChI is InChI=1S/C20H34O4/c1-15(9-8-10-16(2)13-14-22-17(3)21)11-12-18-19(4,5)24-20(6,7)23-18/h9,13,18H,8,10-12,14H2,1-7H3/b15-9+,16-13+/t18-/m1/s1. The Morgan fingerprint density at radius 2 is 1.67 bits per heavy atom. The fourth-order valence-corrected chi connectivity index (χ4v) is 3.02. The Balaban J connectivity index is 2.34. The van der Waals surface area contributed by atoms with Crippen LogP contribution >= 0.6 is 0 Å². The van der Waals surface area contributed by atoms with E-state index in [1.54, 1.807) is 0 Å². The van der Waals surface area contributed by atoms with Crippen LogP contribution in [0.25, 0.3) is 0 Å². The van der Waals surface area contributed by atoms with Gasteiger partial charge in [0.05, 0.1) is 11.7 Å². The number of carbonyl (C=O) groups is 1. The highest BCUT2D eigenvalue weighted by atomic mass is 16.8. The number of rotatable bonds is 8. The molecule has 24 heavy (non-hydrogen) atoms. The average molecular weight is 338 g/mol. The Morgan fingerprint density at radius 1 is 1.04 bits per heavy atom. The zero-order valence-electron chi connectivity index (χ0n) is 16.4. The van der Waals surface area contributed by atoms with Gasteiger partial charge in [-0.1, -0.05) is 17.2 Å². The first-order valence-corrected chi connectivity index (χ1v) is 8.84. The highest BCUT2D eigenvalue weighted by Gasteiger charge is 2.46. The van der Waals surface area contributed by atoms with Gasteiger partial charge in [0, 0.05) is 6.92 Å². The molecule has 1 heterocycles. The van der Waals surface area contributed by atoms with Gasteiger partial charge in [-0.15, -0.1) is 0 Å². The maximum absolute atomic E-state index is 10.7. The number of esters is 1. The third kappa shape index (κ3) is 7.63. The van der Waals surface area contributed by atoms with Crippen LogP contribution in [-0.2, 0) is 19.0 Å². The van der Waals surface area contributed by atoms with Crippen LogP contribution in [0.4, 0.5) is 0 Å². The zero-order valence-corrected chi connectivity index (χ0v) is 16.4. The van der Waals surface area contributed by atoms with Crippen molar-refractivity contribution in [3.05, 3.63) is 23.3 Å². The van der Waals surface area contributed by atoms with E-state index in [-0.39, 0.29) is 17.7 Å². The molecule has 1 rings (SSSR count). The van der Waals surface area contributed by atoms with Crippen molar-refractivity contribution in [3.8, 4) is 0 Å². The summed E-state index contributed by atoms with van der Waals surface area (Å²) in [6.07, 6.45) is 8.37. The van der Waals surface area contributed by atoms with Gasteiger partial charge in [-0.05, 0) is 73.3 Å². The Morgan fingerprint density at radius 3 is 2.21 bits per heavy atom. The van der Waals surface area contributed by atoms with Crippen molar-refractivity contribution < 1.29 is 19.0 Å². The molecule has 0 amide bonds. The van der Waals surface area contributed by atoms with Crippen LogP contribution < -0.4 is 0 Å². The fourth-order valence-electron chi connectivity index (χ4n) is 3.02. The molecule has 1 fully saturated rings. The van der Waals surface area contributed by atoms with Crippen molar-refractivity contribution in [2.45, 2.75) is 91.6 Å². The van der Waals surface area contributed by atoms with E-state index in [4.69, 9.17) is 14.2 Å². The average Bonchev–Trinajstić information content (AvgIpc) is 2.63. The van der Waals surface area contributed by atoms with Gasteiger partial charge in [0.25, 0.3) is 0 Å². The number of ether oxygens (including phenoxy) is 3. The topological polar surface area (TPSA) is 44.8 Å². The first-order chi connectivity index (χ1) is 11.0. The Kier molecular flexibility index (Phi) is 7.68. The van der Waals surface area contributed by atoms with E-state index in [0.717, 1.165) is 25.7 Å². The molecule has 138 valence electrons. The van der Waals surface area contributed by atoms with Crippen LogP contribution in [0, 0.1) is 0 Å². The second kappa shape index (κ2) is 8.82. The maximum Gasteiger partial charge on any atom is 0.302 e. The minimum Gasteiger partial charge on any atom is -0.462 e. The van der Waals surface area contributed by atoms with Crippen molar-refractivity contribution in [1.29, 1.82) is 0 Å². The van der Waals surface area contributed by atoms with E-state index in [2.05, 4.69) is 33.8 Å². The van der Waals surface area contributed by atoms with Crippen molar-refractivity contribution >= 4 is 5.97 Å². The maximum atomic E-state index is 10.7. The SMILES string of the molecule is CC(=O)OC/C=C(\C)CC/C=C(\C)CC[C@H]1OC(C)(C)OC1(C)C. The lowest BCUT2D eigenvalue weighted by molar-refractivity contribution is -0.157. The lowest BCUT2D eigenvalue weighted by atomic mass is 9.95. The molecule has 0 aromatic carbocycles. The van der Waals surface area contributed by atoms with Crippen LogP contribution in [0.3, 0.4) is 0 Å². The summed E-state index contributed by atoms with van der Waals surface area (Å²) in [7, 11) is 0. The minimum atomic E-state index is -0.490. The lowest BCUT2D eigenvalue weighted by Gasteiger charge is -2.24. The third-order valence-electron chi connectivity index (χ3n) is 4.26. The molecule has 4 nitrogen and oxygen atoms in total. The van der Waals surface area contributed by atoms with E-state index >= 15 is 0 Å². The Labute approximate surface area is 147 Å². The van der Waals surface area contributed by atoms with Gasteiger partial charge in [0.1, 0.15) is 6.61 Å². The Bertz CT molecular complexity index is 486. The minimum absolute atomic E-state index is 0.126. The second-order valence-corrected chi connectivity index (χ2v) is 7.69. The molecule has 0 spiro atoms. The van der Waals surface area contributed by atoms with Gasteiger partial charge >= 0.3 is 5.97 Å². The van der Waals surface area contributed by atoms with Crippen molar-refractivity contribution in [3.63, 3.8) is 0 Å². The molecule has 0 N–H and O–H groups in total. The number of hydrogen-bond donors (Lipinski definition) is 0. The summed E-state index contributed by atoms with van der Waals surface area (Å²) in [5.74, 6) is -0.727. The smallest absolute Gasteiger partial charge is 0.302 e. The molecular weight excluding hydrogens is 304 g/mol. The number of hydrogen-bond acceptors (Lipinski definition) is 4. The van der Waals surface area contributed by atoms with E-state index in [0.29, 0.717) is 6.61 Å². The lowest BCUT2D eigenvalue weighted by Crippen LogP contribution is -2.33. The summed E-state index contributed by atoms with van der Waals surface area (Å²) < 4.78 is 16.9. The molecule has 1 atom stereocenters. The van der Waals surface area contributed by atoms with Crippen LogP contribution in [0.5, 0.6) is 0 Å². The predicted molar refractivity (Wildman–Crippen MR) is 96.7 cm³/mol. The van der Waals surface area contributed by atoms with Crippen LogP contribution in [0.1, 0.15) is 74.1 Å². The summed E-state index contributed by atoms with van der Waals surface area (Å²) in [4.78, 5) is 10.7. The predicted octanol–water partition coefficient (Wildman–Crippen LogP) is 4.93. The van der Waals surface area contributed by atoms with Gasteiger partial charge in [-0.2, -0.15) is 0 Å². The molecule has 0 aliphatic carbocycles. The van der Waals surface area contributed by atoms with Crippen LogP contribution in [0.15, 0.2) is 23.3 Å². The van der Waals surface area contributed by atoms with Gasteiger partial charge < -0.3 is 14.2 Å². The van der Waals surface area contributed by atoms with Crippen LogP contribution in [-0.4, -0.2) is 30.1 Å². The number of allylic oxidation sites excluding steroid dienone is 3. The van der Waals surface area contributed by atoms with Crippen LogP contribution in [0.2, 0.25) is 0 Å². The van der Waals surface area contributed by atoms with Crippen molar-refractivity contribution in [1.82, 2.24) is 0 Å². The quantitative estimate of drug-likeness (QED) is 0.465. The summed E-state index contributed by atoms with van der Waals surface area (Å²) in [6, 6.07) is 0. The fraction of sp³-hybridized carbons (Fsp3) is 0.750. The molecule has 0 unspecified atom stereocenters. The summed E-state index contributed by atoms with van der Waals surface area (Å²) in [6.45, 7) is 14.2. The van der Waals surface area contributed by atoms with Gasteiger partial charge in [0.2, 0.25) is 0 Å². The van der Waals surface area contributed by atoms with Gasteiger partial charge in [-0.3, -0.25) is 4.79 Å². The third-order valence-corrected chi connectivity index (χ3v) is 4.26. The van der Waals surface area contributed by atoms with E-state index in [9.17, 15) is 4.79 Å². The normalized spacial score (nSPS) is 23.4. The van der Waals surface area contributed by atoms with Crippen molar-refractivity contribution in [2.24, 2.45) is 0 Å². The summed E-state index contributed by atoms with van der Waals surface area (Å²) in [5, 5.41) is 0. The molecule has 0 radical (unpaired) electrons. The molecule has 0 saturated carbocycles. The van der Waals surface area contributed by atoms with E-state index in [1.807, 2.05) is 19.9 Å². The van der Waals surface area contributed by atoms with E-state index < -0.39 is 5.79 Å². The highest BCUT2D eigenvalue weighted by molar-refractivity contribution is 5.66. The molecule has 1 aliphatic rings. The first-order valence-electron chi connectivity index (χ1n) is 8.84. The first kappa shape index (κ1) is 20.9. The summed E-state index contributed by atoms with van der Waals surface area (Å²) >= 11 is 0. The molecule has 4 heteroatoms. The zero-order chi connectivity index (χ0) is 18.4. The number of carbonyl (C=O) groups excluding carboxylic acids is 1. The van der Waals surface area contributed by atoms with E-state index in [1.165, 1.54) is 18.1 Å². The second-order valence-electron chi connectivity index (χ2n) is 7.69. The molecule has 0 bridgehead atoms. The molecule has 1 saturated heterocycles. The molecule has 0 aromatic heterocycles. The molecule has 0 aromatic rings. The van der Waals surface area contributed by atoms with Gasteiger partial charge in [0.15, 0.2) is 5.79 Å². The van der Waals surface area contributed by atoms with Crippen molar-refractivity contribution in [2.75, 3.05) is 6.61 Å². The highest BCUT2D eigenvalue weighted by Crippen LogP contribution is 2.38. The monoisotopic (exact) mass is 338 g/mol.